The summed E-state index contributed by atoms with van der Waals surface area (Å²) in [5.74, 6) is -1.08. The van der Waals surface area contributed by atoms with Crippen molar-refractivity contribution in [3.8, 4) is 11.5 Å². The molecule has 0 radical (unpaired) electrons. The normalized spacial score (nSPS) is 18.1. The van der Waals surface area contributed by atoms with Crippen LogP contribution in [-0.4, -0.2) is 55.0 Å². The molecule has 1 aliphatic heterocycles. The number of carboxylic acids is 1. The molecule has 1 saturated heterocycles. The number of rotatable bonds is 7. The van der Waals surface area contributed by atoms with Crippen molar-refractivity contribution in [1.29, 1.82) is 0 Å². The van der Waals surface area contributed by atoms with Gasteiger partial charge in [0.25, 0.3) is 0 Å². The topological polar surface area (TPSA) is 93.1 Å². The third-order valence-corrected chi connectivity index (χ3v) is 4.84. The minimum Gasteiger partial charge on any atom is -0.493 e. The number of benzene rings is 1. The van der Waals surface area contributed by atoms with Gasteiger partial charge in [0, 0.05) is 6.54 Å². The average Bonchev–Trinajstić information content (AvgIpc) is 2.67. The van der Waals surface area contributed by atoms with Crippen LogP contribution in [-0.2, 0) is 9.59 Å². The SMILES string of the molecule is CC[C@H](C(=O)N1CCCC[C@H]1C(=O)O)c1cc(C=O)c(OC)c(OC)c1. The Kier molecular flexibility index (Phi) is 6.60. The monoisotopic (exact) mass is 363 g/mol. The number of nitrogens with zero attached hydrogens (tertiary/aromatic N) is 1. The molecule has 1 aliphatic rings. The molecule has 2 rings (SSSR count). The predicted molar refractivity (Wildman–Crippen MR) is 95.0 cm³/mol. The van der Waals surface area contributed by atoms with Gasteiger partial charge in [-0.3, -0.25) is 9.59 Å². The van der Waals surface area contributed by atoms with E-state index >= 15 is 0 Å². The molecule has 1 aromatic rings. The zero-order valence-electron chi connectivity index (χ0n) is 15.4. The van der Waals surface area contributed by atoms with Gasteiger partial charge in [-0.15, -0.1) is 0 Å². The van der Waals surface area contributed by atoms with E-state index in [1.807, 2.05) is 6.92 Å². The second-order valence-electron chi connectivity index (χ2n) is 6.31. The van der Waals surface area contributed by atoms with Crippen LogP contribution in [0.3, 0.4) is 0 Å². The number of carboxylic acid groups (broad SMARTS) is 1. The fraction of sp³-hybridized carbons (Fsp3) is 0.526. The number of piperidine rings is 1. The molecule has 1 aromatic carbocycles. The van der Waals surface area contributed by atoms with Gasteiger partial charge in [-0.2, -0.15) is 0 Å². The first-order chi connectivity index (χ1) is 12.5. The summed E-state index contributed by atoms with van der Waals surface area (Å²) in [6.45, 7) is 2.29. The zero-order chi connectivity index (χ0) is 19.3. The van der Waals surface area contributed by atoms with E-state index in [0.29, 0.717) is 48.3 Å². The average molecular weight is 363 g/mol. The summed E-state index contributed by atoms with van der Waals surface area (Å²) in [7, 11) is 2.91. The van der Waals surface area contributed by atoms with Gasteiger partial charge in [0.2, 0.25) is 5.91 Å². The lowest BCUT2D eigenvalue weighted by Crippen LogP contribution is -2.49. The molecule has 1 amide bonds. The van der Waals surface area contributed by atoms with Crippen molar-refractivity contribution in [1.82, 2.24) is 4.90 Å². The maximum atomic E-state index is 13.1. The highest BCUT2D eigenvalue weighted by Gasteiger charge is 2.35. The standard InChI is InChI=1S/C19H25NO6/c1-4-14(18(22)20-8-6-5-7-15(20)19(23)24)12-9-13(11-21)17(26-3)16(10-12)25-2/h9-11,14-15H,4-8H2,1-3H3,(H,23,24)/t14-,15-/m0/s1. The van der Waals surface area contributed by atoms with Gasteiger partial charge in [-0.25, -0.2) is 4.79 Å². The number of hydrogen-bond donors (Lipinski definition) is 1. The van der Waals surface area contributed by atoms with Crippen molar-refractivity contribution >= 4 is 18.2 Å². The summed E-state index contributed by atoms with van der Waals surface area (Å²) in [5.41, 5.74) is 0.911. The number of carbonyl (C=O) groups excluding carboxylic acids is 2. The summed E-state index contributed by atoms with van der Waals surface area (Å²) in [4.78, 5) is 37.5. The molecule has 0 saturated carbocycles. The van der Waals surface area contributed by atoms with Gasteiger partial charge in [-0.1, -0.05) is 6.92 Å². The van der Waals surface area contributed by atoms with E-state index in [9.17, 15) is 19.5 Å². The number of aliphatic carboxylic acids is 1. The predicted octanol–water partition coefficient (Wildman–Crippen LogP) is 2.48. The van der Waals surface area contributed by atoms with E-state index in [2.05, 4.69) is 0 Å². The first-order valence-corrected chi connectivity index (χ1v) is 8.72. The summed E-state index contributed by atoms with van der Waals surface area (Å²) >= 11 is 0. The largest absolute Gasteiger partial charge is 0.493 e. The van der Waals surface area contributed by atoms with E-state index in [4.69, 9.17) is 9.47 Å². The third-order valence-electron chi connectivity index (χ3n) is 4.84. The molecule has 1 heterocycles. The van der Waals surface area contributed by atoms with E-state index in [1.54, 1.807) is 12.1 Å². The van der Waals surface area contributed by atoms with E-state index in [1.165, 1.54) is 19.1 Å². The summed E-state index contributed by atoms with van der Waals surface area (Å²) in [6.07, 6.45) is 3.18. The number of amides is 1. The fourth-order valence-corrected chi connectivity index (χ4v) is 3.51. The van der Waals surface area contributed by atoms with Crippen molar-refractivity contribution in [3.63, 3.8) is 0 Å². The smallest absolute Gasteiger partial charge is 0.326 e. The van der Waals surface area contributed by atoms with Gasteiger partial charge in [0.05, 0.1) is 25.7 Å². The molecule has 0 bridgehead atoms. The van der Waals surface area contributed by atoms with Crippen LogP contribution in [0.5, 0.6) is 11.5 Å². The zero-order valence-corrected chi connectivity index (χ0v) is 15.4. The van der Waals surface area contributed by atoms with Crippen molar-refractivity contribution in [3.05, 3.63) is 23.3 Å². The molecule has 26 heavy (non-hydrogen) atoms. The molecule has 1 N–H and O–H groups in total. The van der Waals surface area contributed by atoms with E-state index in [0.717, 1.165) is 12.8 Å². The highest BCUT2D eigenvalue weighted by molar-refractivity contribution is 5.89. The Labute approximate surface area is 152 Å². The minimum atomic E-state index is -0.978. The number of methoxy groups -OCH3 is 2. The molecule has 0 aliphatic carbocycles. The maximum absolute atomic E-state index is 13.1. The first-order valence-electron chi connectivity index (χ1n) is 8.72. The van der Waals surface area contributed by atoms with Crippen molar-refractivity contribution in [2.24, 2.45) is 0 Å². The Bertz CT molecular complexity index is 687. The highest BCUT2D eigenvalue weighted by Crippen LogP contribution is 2.36. The Morgan fingerprint density at radius 1 is 1.31 bits per heavy atom. The lowest BCUT2D eigenvalue weighted by atomic mass is 9.91. The molecule has 0 unspecified atom stereocenters. The Morgan fingerprint density at radius 3 is 2.58 bits per heavy atom. The lowest BCUT2D eigenvalue weighted by molar-refractivity contribution is -0.152. The van der Waals surface area contributed by atoms with Gasteiger partial charge in [0.1, 0.15) is 6.04 Å². The van der Waals surface area contributed by atoms with Crippen molar-refractivity contribution < 1.29 is 29.0 Å². The van der Waals surface area contributed by atoms with Crippen LogP contribution in [0, 0.1) is 0 Å². The fourth-order valence-electron chi connectivity index (χ4n) is 3.51. The van der Waals surface area contributed by atoms with Gasteiger partial charge in [0.15, 0.2) is 17.8 Å². The van der Waals surface area contributed by atoms with E-state index < -0.39 is 17.9 Å². The molecule has 0 aromatic heterocycles. The van der Waals surface area contributed by atoms with Crippen LogP contribution in [0.1, 0.15) is 54.4 Å². The van der Waals surface area contributed by atoms with Crippen LogP contribution in [0.15, 0.2) is 12.1 Å². The highest BCUT2D eigenvalue weighted by atomic mass is 16.5. The number of hydrogen-bond acceptors (Lipinski definition) is 5. The van der Waals surface area contributed by atoms with Gasteiger partial charge in [-0.05, 0) is 43.4 Å². The number of carbonyl (C=O) groups is 3. The summed E-state index contributed by atoms with van der Waals surface area (Å²) < 4.78 is 10.5. The molecule has 1 fully saturated rings. The molecular weight excluding hydrogens is 338 g/mol. The second kappa shape index (κ2) is 8.69. The molecular formula is C19H25NO6. The van der Waals surface area contributed by atoms with Gasteiger partial charge >= 0.3 is 5.97 Å². The summed E-state index contributed by atoms with van der Waals surface area (Å²) in [5, 5.41) is 9.44. The second-order valence-corrected chi connectivity index (χ2v) is 6.31. The third kappa shape index (κ3) is 3.81. The van der Waals surface area contributed by atoms with Crippen LogP contribution < -0.4 is 9.47 Å². The number of aldehydes is 1. The lowest BCUT2D eigenvalue weighted by Gasteiger charge is -2.35. The van der Waals surface area contributed by atoms with Crippen LogP contribution in [0.2, 0.25) is 0 Å². The molecule has 7 nitrogen and oxygen atoms in total. The first kappa shape index (κ1) is 19.8. The van der Waals surface area contributed by atoms with Gasteiger partial charge < -0.3 is 19.5 Å². The van der Waals surface area contributed by atoms with Crippen LogP contribution >= 0.6 is 0 Å². The molecule has 2 atom stereocenters. The van der Waals surface area contributed by atoms with Crippen molar-refractivity contribution in [2.75, 3.05) is 20.8 Å². The Balaban J connectivity index is 2.42. The Morgan fingerprint density at radius 2 is 2.04 bits per heavy atom. The summed E-state index contributed by atoms with van der Waals surface area (Å²) in [6, 6.07) is 2.49. The van der Waals surface area contributed by atoms with Crippen molar-refractivity contribution in [2.45, 2.75) is 44.6 Å². The number of ether oxygens (including phenoxy) is 2. The molecule has 7 heteroatoms. The van der Waals surface area contributed by atoms with Crippen LogP contribution in [0.4, 0.5) is 0 Å². The van der Waals surface area contributed by atoms with Crippen LogP contribution in [0.25, 0.3) is 0 Å². The molecule has 142 valence electrons. The van der Waals surface area contributed by atoms with E-state index in [-0.39, 0.29) is 5.91 Å². The maximum Gasteiger partial charge on any atom is 0.326 e. The quantitative estimate of drug-likeness (QED) is 0.748. The Hall–Kier alpha value is -2.57. The number of likely N-dealkylation sites (tertiary alicyclic amines) is 1. The molecule has 0 spiro atoms. The minimum absolute atomic E-state index is 0.233.